The quantitative estimate of drug-likeness (QED) is 0.578. The van der Waals surface area contributed by atoms with Crippen LogP contribution in [0.3, 0.4) is 0 Å². The molecule has 0 aromatic heterocycles. The first-order valence-corrected chi connectivity index (χ1v) is 8.72. The second-order valence-corrected chi connectivity index (χ2v) is 6.24. The zero-order valence-electron chi connectivity index (χ0n) is 14.2. The summed E-state index contributed by atoms with van der Waals surface area (Å²) in [4.78, 5) is 12.5. The van der Waals surface area contributed by atoms with Gasteiger partial charge in [0.2, 0.25) is 6.79 Å². The molecule has 0 radical (unpaired) electrons. The largest absolute Gasteiger partial charge is 0.493 e. The van der Waals surface area contributed by atoms with Crippen molar-refractivity contribution in [3.05, 3.63) is 51.5 Å². The molecule has 6 nitrogen and oxygen atoms in total. The molecule has 0 spiro atoms. The van der Waals surface area contributed by atoms with E-state index in [1.165, 1.54) is 12.1 Å². The number of fused-ring (bicyclic) bond motifs is 1. The number of halogens is 2. The highest BCUT2D eigenvalue weighted by Gasteiger charge is 2.19. The Morgan fingerprint density at radius 3 is 2.67 bits per heavy atom. The van der Waals surface area contributed by atoms with E-state index in [2.05, 4.69) is 5.32 Å². The molecule has 1 heterocycles. The van der Waals surface area contributed by atoms with E-state index in [4.69, 9.17) is 37.4 Å². The summed E-state index contributed by atoms with van der Waals surface area (Å²) in [5, 5.41) is 12.7. The summed E-state index contributed by atoms with van der Waals surface area (Å²) < 4.78 is 16.3. The Balaban J connectivity index is 1.90. The van der Waals surface area contributed by atoms with Crippen molar-refractivity contribution in [2.24, 2.45) is 0 Å². The van der Waals surface area contributed by atoms with Crippen molar-refractivity contribution in [2.45, 2.75) is 6.92 Å². The van der Waals surface area contributed by atoms with Gasteiger partial charge < -0.3 is 19.5 Å². The summed E-state index contributed by atoms with van der Waals surface area (Å²) in [5.41, 5.74) is 0.842. The number of carbonyl (C=O) groups is 1. The molecule has 0 atom stereocenters. The van der Waals surface area contributed by atoms with Gasteiger partial charge in [0.05, 0.1) is 16.7 Å². The van der Waals surface area contributed by atoms with Gasteiger partial charge in [0.15, 0.2) is 11.5 Å². The van der Waals surface area contributed by atoms with Gasteiger partial charge in [0.1, 0.15) is 17.4 Å². The van der Waals surface area contributed by atoms with Crippen LogP contribution in [0.1, 0.15) is 12.5 Å². The van der Waals surface area contributed by atoms with Crippen LogP contribution < -0.4 is 19.5 Å². The third kappa shape index (κ3) is 4.27. The number of nitrogens with one attached hydrogen (secondary N) is 1. The van der Waals surface area contributed by atoms with E-state index < -0.39 is 5.91 Å². The van der Waals surface area contributed by atoms with Crippen molar-refractivity contribution < 1.29 is 19.0 Å². The Bertz CT molecular complexity index is 967. The maximum Gasteiger partial charge on any atom is 0.266 e. The van der Waals surface area contributed by atoms with Gasteiger partial charge in [-0.1, -0.05) is 23.2 Å². The number of rotatable bonds is 5. The highest BCUT2D eigenvalue weighted by atomic mass is 35.5. The fourth-order valence-corrected chi connectivity index (χ4v) is 2.71. The summed E-state index contributed by atoms with van der Waals surface area (Å²) in [6.07, 6.45) is 1.43. The van der Waals surface area contributed by atoms with E-state index >= 15 is 0 Å². The van der Waals surface area contributed by atoms with Crippen LogP contribution in [0.15, 0.2) is 35.9 Å². The van der Waals surface area contributed by atoms with Crippen LogP contribution in [0.4, 0.5) is 5.69 Å². The van der Waals surface area contributed by atoms with Gasteiger partial charge in [-0.15, -0.1) is 0 Å². The zero-order valence-corrected chi connectivity index (χ0v) is 15.7. The molecule has 0 aliphatic carbocycles. The molecule has 1 N–H and O–H groups in total. The number of ether oxygens (including phenoxy) is 3. The SMILES string of the molecule is CCOc1cc2c(cc1/C=C(\C#N)C(=O)Nc1ccc(Cl)c(Cl)c1)OCO2. The first-order chi connectivity index (χ1) is 13.0. The molecule has 0 unspecified atom stereocenters. The zero-order chi connectivity index (χ0) is 19.4. The predicted molar refractivity (Wildman–Crippen MR) is 102 cm³/mol. The minimum Gasteiger partial charge on any atom is -0.493 e. The Labute approximate surface area is 165 Å². The lowest BCUT2D eigenvalue weighted by molar-refractivity contribution is -0.112. The third-order valence-corrected chi connectivity index (χ3v) is 4.39. The molecule has 0 bridgehead atoms. The highest BCUT2D eigenvalue weighted by Crippen LogP contribution is 2.39. The van der Waals surface area contributed by atoms with E-state index in [0.29, 0.717) is 45.2 Å². The molecule has 1 amide bonds. The molecular formula is C19H14Cl2N2O4. The molecule has 8 heteroatoms. The maximum absolute atomic E-state index is 12.5. The minimum atomic E-state index is -0.587. The van der Waals surface area contributed by atoms with Crippen molar-refractivity contribution in [1.29, 1.82) is 5.26 Å². The van der Waals surface area contributed by atoms with Crippen LogP contribution in [0.25, 0.3) is 6.08 Å². The Kier molecular flexibility index (Phi) is 5.75. The van der Waals surface area contributed by atoms with Crippen molar-refractivity contribution in [1.82, 2.24) is 0 Å². The van der Waals surface area contributed by atoms with Gasteiger partial charge in [0.25, 0.3) is 5.91 Å². The second kappa shape index (κ2) is 8.21. The lowest BCUT2D eigenvalue weighted by Gasteiger charge is -2.10. The van der Waals surface area contributed by atoms with Crippen molar-refractivity contribution >= 4 is 40.9 Å². The number of nitriles is 1. The standard InChI is InChI=1S/C19H14Cl2N2O4/c1-2-25-16-8-18-17(26-10-27-18)6-11(16)5-12(9-22)19(24)23-13-3-4-14(20)15(21)7-13/h3-8H,2,10H2,1H3,(H,23,24)/b12-5+. The van der Waals surface area contributed by atoms with Crippen molar-refractivity contribution in [2.75, 3.05) is 18.7 Å². The third-order valence-electron chi connectivity index (χ3n) is 3.65. The van der Waals surface area contributed by atoms with E-state index in [1.54, 1.807) is 24.3 Å². The first-order valence-electron chi connectivity index (χ1n) is 7.96. The van der Waals surface area contributed by atoms with Crippen molar-refractivity contribution in [3.63, 3.8) is 0 Å². The first kappa shape index (κ1) is 18.9. The lowest BCUT2D eigenvalue weighted by atomic mass is 10.1. The molecule has 1 aliphatic rings. The van der Waals surface area contributed by atoms with E-state index in [9.17, 15) is 10.1 Å². The van der Waals surface area contributed by atoms with Gasteiger partial charge in [-0.05, 0) is 37.3 Å². The van der Waals surface area contributed by atoms with Crippen molar-refractivity contribution in [3.8, 4) is 23.3 Å². The van der Waals surface area contributed by atoms with Gasteiger partial charge >= 0.3 is 0 Å². The summed E-state index contributed by atoms with van der Waals surface area (Å²) in [6, 6.07) is 9.88. The van der Waals surface area contributed by atoms with Crippen LogP contribution in [-0.4, -0.2) is 19.3 Å². The molecule has 2 aromatic rings. The molecule has 0 saturated carbocycles. The topological polar surface area (TPSA) is 80.6 Å². The van der Waals surface area contributed by atoms with Gasteiger partial charge in [0, 0.05) is 17.3 Å². The van der Waals surface area contributed by atoms with E-state index in [0.717, 1.165) is 0 Å². The summed E-state index contributed by atoms with van der Waals surface area (Å²) >= 11 is 11.8. The smallest absolute Gasteiger partial charge is 0.266 e. The molecular weight excluding hydrogens is 391 g/mol. The van der Waals surface area contributed by atoms with Crippen LogP contribution >= 0.6 is 23.2 Å². The van der Waals surface area contributed by atoms with Gasteiger partial charge in [-0.25, -0.2) is 0 Å². The van der Waals surface area contributed by atoms with Gasteiger partial charge in [-0.2, -0.15) is 5.26 Å². The van der Waals surface area contributed by atoms with Crippen LogP contribution in [0.5, 0.6) is 17.2 Å². The average Bonchev–Trinajstić information content (AvgIpc) is 3.10. The van der Waals surface area contributed by atoms with E-state index in [-0.39, 0.29) is 12.4 Å². The number of amides is 1. The van der Waals surface area contributed by atoms with E-state index in [1.807, 2.05) is 13.0 Å². The van der Waals surface area contributed by atoms with Gasteiger partial charge in [-0.3, -0.25) is 4.79 Å². The summed E-state index contributed by atoms with van der Waals surface area (Å²) in [6.45, 7) is 2.36. The number of hydrogen-bond donors (Lipinski definition) is 1. The number of nitrogens with zero attached hydrogens (tertiary/aromatic N) is 1. The number of hydrogen-bond acceptors (Lipinski definition) is 5. The molecule has 1 aliphatic heterocycles. The van der Waals surface area contributed by atoms with Crippen LogP contribution in [-0.2, 0) is 4.79 Å². The molecule has 0 fully saturated rings. The predicted octanol–water partition coefficient (Wildman–Crippen LogP) is 4.67. The Hall–Kier alpha value is -2.88. The fraction of sp³-hybridized carbons (Fsp3) is 0.158. The van der Waals surface area contributed by atoms with Crippen LogP contribution in [0.2, 0.25) is 10.0 Å². The molecule has 2 aromatic carbocycles. The number of carbonyl (C=O) groups excluding carboxylic acids is 1. The molecule has 27 heavy (non-hydrogen) atoms. The lowest BCUT2D eigenvalue weighted by Crippen LogP contribution is -2.13. The highest BCUT2D eigenvalue weighted by molar-refractivity contribution is 6.42. The summed E-state index contributed by atoms with van der Waals surface area (Å²) in [7, 11) is 0. The maximum atomic E-state index is 12.5. The second-order valence-electron chi connectivity index (χ2n) is 5.43. The molecule has 138 valence electrons. The normalized spacial score (nSPS) is 12.4. The molecule has 0 saturated heterocycles. The Morgan fingerprint density at radius 2 is 2.00 bits per heavy atom. The monoisotopic (exact) mass is 404 g/mol. The average molecular weight is 405 g/mol. The Morgan fingerprint density at radius 1 is 1.26 bits per heavy atom. The number of benzene rings is 2. The number of anilines is 1. The molecule has 3 rings (SSSR count). The van der Waals surface area contributed by atoms with Crippen LogP contribution in [0, 0.1) is 11.3 Å². The summed E-state index contributed by atoms with van der Waals surface area (Å²) in [5.74, 6) is 0.967. The minimum absolute atomic E-state index is 0.108. The fourth-order valence-electron chi connectivity index (χ4n) is 2.41.